The lowest BCUT2D eigenvalue weighted by Crippen LogP contribution is -2.58. The number of nitrogens with one attached hydrogen (secondary N) is 4. The molecule has 1 heterocycles. The zero-order valence-electron chi connectivity index (χ0n) is 19.9. The average molecular weight is 476 g/mol. The number of unbranched alkanes of at least 4 members (excludes halogenated alkanes) is 1. The molecule has 0 radical (unpaired) electrons. The van der Waals surface area contributed by atoms with Gasteiger partial charge in [-0.3, -0.25) is 19.2 Å². The van der Waals surface area contributed by atoms with Crippen LogP contribution in [0.15, 0.2) is 30.5 Å². The van der Waals surface area contributed by atoms with Gasteiger partial charge in [-0.05, 0) is 44.9 Å². The van der Waals surface area contributed by atoms with Crippen LogP contribution in [0.5, 0.6) is 0 Å². The smallest absolute Gasteiger partial charge is 0.245 e. The second-order valence-electron chi connectivity index (χ2n) is 8.90. The number of hydroxylamine groups is 1. The Labute approximate surface area is 199 Å². The van der Waals surface area contributed by atoms with E-state index in [2.05, 4.69) is 21.1 Å². The molecular weight excluding hydrogens is 438 g/mol. The number of hydrogen-bond acceptors (Lipinski definition) is 7. The maximum absolute atomic E-state index is 13.3. The molecule has 0 unspecified atom stereocenters. The predicted octanol–water partition coefficient (Wildman–Crippen LogP) is -0.447. The van der Waals surface area contributed by atoms with Gasteiger partial charge in [-0.25, -0.2) is 0 Å². The molecule has 0 saturated carbocycles. The van der Waals surface area contributed by atoms with Crippen LogP contribution >= 0.6 is 0 Å². The highest BCUT2D eigenvalue weighted by Gasteiger charge is 2.29. The van der Waals surface area contributed by atoms with E-state index in [1.165, 1.54) is 0 Å². The molecule has 34 heavy (non-hydrogen) atoms. The minimum absolute atomic E-state index is 0.250. The number of aromatic nitrogens is 1. The Morgan fingerprint density at radius 1 is 1.15 bits per heavy atom. The third-order valence-electron chi connectivity index (χ3n) is 5.31. The topological polar surface area (TPSA) is 190 Å². The first-order valence-corrected chi connectivity index (χ1v) is 11.4. The first-order valence-electron chi connectivity index (χ1n) is 11.4. The van der Waals surface area contributed by atoms with Crippen molar-refractivity contribution in [2.75, 3.05) is 19.7 Å². The lowest BCUT2D eigenvalue weighted by molar-refractivity contribution is -0.131. The van der Waals surface area contributed by atoms with Crippen molar-refractivity contribution in [3.05, 3.63) is 36.0 Å². The monoisotopic (exact) mass is 475 g/mol. The van der Waals surface area contributed by atoms with Gasteiger partial charge in [-0.15, -0.1) is 0 Å². The van der Waals surface area contributed by atoms with Gasteiger partial charge in [0.05, 0.1) is 5.54 Å². The van der Waals surface area contributed by atoms with Crippen molar-refractivity contribution in [2.45, 2.75) is 57.2 Å². The summed E-state index contributed by atoms with van der Waals surface area (Å²) >= 11 is 0. The van der Waals surface area contributed by atoms with Gasteiger partial charge >= 0.3 is 0 Å². The van der Waals surface area contributed by atoms with E-state index in [1.54, 1.807) is 13.8 Å². The summed E-state index contributed by atoms with van der Waals surface area (Å²) < 4.78 is 0. The van der Waals surface area contributed by atoms with Crippen molar-refractivity contribution in [1.29, 1.82) is 0 Å². The Bertz CT molecular complexity index is 954. The molecule has 0 bridgehead atoms. The van der Waals surface area contributed by atoms with E-state index >= 15 is 0 Å². The number of primary amides is 1. The van der Waals surface area contributed by atoms with Crippen LogP contribution in [-0.4, -0.2) is 60.0 Å². The molecule has 1 aromatic carbocycles. The van der Waals surface area contributed by atoms with E-state index < -0.39 is 23.4 Å². The summed E-state index contributed by atoms with van der Waals surface area (Å²) in [4.78, 5) is 45.0. The van der Waals surface area contributed by atoms with Crippen LogP contribution in [-0.2, 0) is 25.6 Å². The molecule has 2 rings (SSSR count). The number of carbonyl (C=O) groups is 3. The number of hydrogen-bond donors (Lipinski definition) is 7. The lowest BCUT2D eigenvalue weighted by Gasteiger charge is -2.26. The van der Waals surface area contributed by atoms with Gasteiger partial charge in [0.15, 0.2) is 0 Å². The van der Waals surface area contributed by atoms with Gasteiger partial charge in [-0.2, -0.15) is 5.48 Å². The SMILES string of the molecule is CC(C)(N)C(=O)N[C@H](Cc1c[nH]c2ccccc12)C(=O)N[C@H](CCCCN)CNOCC(N)=O. The van der Waals surface area contributed by atoms with Gasteiger partial charge in [0.2, 0.25) is 17.7 Å². The molecule has 1 aromatic heterocycles. The summed E-state index contributed by atoms with van der Waals surface area (Å²) in [5.74, 6) is -1.39. The molecule has 0 aliphatic rings. The summed E-state index contributed by atoms with van der Waals surface area (Å²) in [6.45, 7) is 3.67. The van der Waals surface area contributed by atoms with E-state index in [0.717, 1.165) is 29.3 Å². The number of benzene rings is 1. The Kier molecular flexibility index (Phi) is 10.5. The zero-order valence-corrected chi connectivity index (χ0v) is 19.9. The third kappa shape index (κ3) is 8.75. The number of carbonyl (C=O) groups excluding carboxylic acids is 3. The maximum atomic E-state index is 13.3. The molecule has 0 spiro atoms. The second kappa shape index (κ2) is 13.0. The van der Waals surface area contributed by atoms with Gasteiger partial charge in [-0.1, -0.05) is 24.6 Å². The highest BCUT2D eigenvalue weighted by Crippen LogP contribution is 2.19. The highest BCUT2D eigenvalue weighted by atomic mass is 16.6. The van der Waals surface area contributed by atoms with Crippen molar-refractivity contribution in [2.24, 2.45) is 17.2 Å². The molecule has 0 aliphatic carbocycles. The molecule has 0 aliphatic heterocycles. The molecule has 3 amide bonds. The fourth-order valence-corrected chi connectivity index (χ4v) is 3.42. The first-order chi connectivity index (χ1) is 16.1. The van der Waals surface area contributed by atoms with Crippen LogP contribution in [0.25, 0.3) is 10.9 Å². The molecule has 2 atom stereocenters. The van der Waals surface area contributed by atoms with Gasteiger partial charge in [0.25, 0.3) is 0 Å². The lowest BCUT2D eigenvalue weighted by atomic mass is 10.0. The number of para-hydroxylation sites is 1. The molecular formula is C23H37N7O4. The Balaban J connectivity index is 2.15. The van der Waals surface area contributed by atoms with Crippen LogP contribution in [0.1, 0.15) is 38.7 Å². The summed E-state index contributed by atoms with van der Waals surface area (Å²) in [5, 5.41) is 6.74. The number of rotatable bonds is 15. The molecule has 10 N–H and O–H groups in total. The number of H-pyrrole nitrogens is 1. The fraction of sp³-hybridized carbons (Fsp3) is 0.522. The third-order valence-corrected chi connectivity index (χ3v) is 5.31. The fourth-order valence-electron chi connectivity index (χ4n) is 3.42. The molecule has 0 fully saturated rings. The van der Waals surface area contributed by atoms with E-state index in [9.17, 15) is 14.4 Å². The van der Waals surface area contributed by atoms with E-state index in [-0.39, 0.29) is 31.5 Å². The summed E-state index contributed by atoms with van der Waals surface area (Å²) in [5.41, 5.74) is 20.0. The van der Waals surface area contributed by atoms with Crippen LogP contribution < -0.4 is 33.3 Å². The molecule has 0 saturated heterocycles. The van der Waals surface area contributed by atoms with Gasteiger partial charge in [0.1, 0.15) is 12.6 Å². The normalized spacial score (nSPS) is 13.4. The van der Waals surface area contributed by atoms with Crippen molar-refractivity contribution < 1.29 is 19.2 Å². The van der Waals surface area contributed by atoms with Crippen molar-refractivity contribution in [3.8, 4) is 0 Å². The first kappa shape index (κ1) is 27.3. The Hall–Kier alpha value is -2.99. The van der Waals surface area contributed by atoms with Gasteiger partial charge in [0, 0.05) is 36.1 Å². The Morgan fingerprint density at radius 3 is 2.56 bits per heavy atom. The van der Waals surface area contributed by atoms with E-state index in [4.69, 9.17) is 22.0 Å². The zero-order chi connectivity index (χ0) is 25.1. The number of amides is 3. The standard InChI is InChI=1S/C23H37N7O4/c1-23(2,26)22(33)30-19(11-15-12-27-18-9-4-3-8-17(15)18)21(32)29-16(7-5-6-10-24)13-28-34-14-20(25)31/h3-4,8-9,12,16,19,27-28H,5-7,10-11,13-14,24,26H2,1-2H3,(H2,25,31)(H,29,32)(H,30,33)/t16-,19-/m1/s1. The van der Waals surface area contributed by atoms with Crippen LogP contribution in [0.4, 0.5) is 0 Å². The van der Waals surface area contributed by atoms with Crippen molar-refractivity contribution in [3.63, 3.8) is 0 Å². The molecule has 2 aromatic rings. The molecule has 11 heteroatoms. The molecule has 188 valence electrons. The molecule has 11 nitrogen and oxygen atoms in total. The maximum Gasteiger partial charge on any atom is 0.245 e. The number of fused-ring (bicyclic) bond motifs is 1. The summed E-state index contributed by atoms with van der Waals surface area (Å²) in [6, 6.07) is 6.58. The van der Waals surface area contributed by atoms with E-state index in [1.807, 2.05) is 30.5 Å². The predicted molar refractivity (Wildman–Crippen MR) is 130 cm³/mol. The minimum Gasteiger partial charge on any atom is -0.368 e. The summed E-state index contributed by atoms with van der Waals surface area (Å²) in [6.07, 6.45) is 4.33. The highest BCUT2D eigenvalue weighted by molar-refractivity contribution is 5.92. The van der Waals surface area contributed by atoms with Crippen LogP contribution in [0, 0.1) is 0 Å². The quantitative estimate of drug-likeness (QED) is 0.134. The largest absolute Gasteiger partial charge is 0.368 e. The van der Waals surface area contributed by atoms with Gasteiger partial charge < -0.3 is 32.8 Å². The Morgan fingerprint density at radius 2 is 1.88 bits per heavy atom. The second-order valence-corrected chi connectivity index (χ2v) is 8.90. The van der Waals surface area contributed by atoms with Crippen molar-refractivity contribution >= 4 is 28.6 Å². The number of aromatic amines is 1. The van der Waals surface area contributed by atoms with Crippen LogP contribution in [0.2, 0.25) is 0 Å². The van der Waals surface area contributed by atoms with Crippen LogP contribution in [0.3, 0.4) is 0 Å². The minimum atomic E-state index is -1.15. The average Bonchev–Trinajstić information content (AvgIpc) is 3.18. The summed E-state index contributed by atoms with van der Waals surface area (Å²) in [7, 11) is 0. The number of nitrogens with two attached hydrogens (primary N) is 3. The van der Waals surface area contributed by atoms with E-state index in [0.29, 0.717) is 13.0 Å². The van der Waals surface area contributed by atoms with Crippen molar-refractivity contribution in [1.82, 2.24) is 21.1 Å².